The van der Waals surface area contributed by atoms with Gasteiger partial charge in [-0.1, -0.05) is 0 Å². The van der Waals surface area contributed by atoms with Gasteiger partial charge in [0.05, 0.1) is 17.7 Å². The molecule has 0 aliphatic carbocycles. The van der Waals surface area contributed by atoms with Gasteiger partial charge in [-0.15, -0.1) is 11.3 Å². The molecule has 1 amide bonds. The number of nitrogens with two attached hydrogens (primary N) is 3. The maximum Gasteiger partial charge on any atom is 0.260 e. The van der Waals surface area contributed by atoms with Crippen molar-refractivity contribution in [1.29, 1.82) is 0 Å². The van der Waals surface area contributed by atoms with E-state index in [4.69, 9.17) is 21.9 Å². The first-order valence-corrected chi connectivity index (χ1v) is 6.87. The second-order valence-electron chi connectivity index (χ2n) is 4.15. The number of carbonyl (C=O) groups excluding carboxylic acids is 1. The first-order valence-electron chi connectivity index (χ1n) is 6.06. The number of ether oxygens (including phenoxy) is 1. The Morgan fingerprint density at radius 3 is 2.74 bits per heavy atom. The summed E-state index contributed by atoms with van der Waals surface area (Å²) in [6.07, 6.45) is 0.750. The third kappa shape index (κ3) is 2.50. The summed E-state index contributed by atoms with van der Waals surface area (Å²) < 4.78 is 6.52. The molecule has 0 saturated heterocycles. The number of amides is 1. The topological polar surface area (TPSA) is 104 Å². The van der Waals surface area contributed by atoms with Crippen LogP contribution in [-0.4, -0.2) is 19.1 Å². The molecule has 19 heavy (non-hydrogen) atoms. The molecule has 0 radical (unpaired) electrons. The molecule has 0 aliphatic heterocycles. The monoisotopic (exact) mass is 279 g/mol. The van der Waals surface area contributed by atoms with Crippen LogP contribution in [0.25, 0.3) is 10.1 Å². The number of nitrogen functional groups attached to an aromatic ring is 1. The van der Waals surface area contributed by atoms with Crippen molar-refractivity contribution < 1.29 is 9.53 Å². The van der Waals surface area contributed by atoms with Crippen molar-refractivity contribution in [1.82, 2.24) is 0 Å². The fraction of sp³-hybridized carbons (Fsp3) is 0.308. The average Bonchev–Trinajstić information content (AvgIpc) is 2.68. The standard InChI is InChI=1S/C13H17N3O2S/c1-2-18-8-5-7(3-4-14)6-9-10(8)11(15)12(19-9)13(16)17/h5-6H,2-4,14-15H2,1H3,(H2,16,17). The molecule has 2 aromatic rings. The van der Waals surface area contributed by atoms with E-state index in [-0.39, 0.29) is 0 Å². The highest BCUT2D eigenvalue weighted by Crippen LogP contribution is 2.40. The maximum atomic E-state index is 11.4. The number of benzene rings is 1. The molecule has 102 valence electrons. The predicted octanol–water partition coefficient (Wildman–Crippen LogP) is 1.48. The molecule has 6 N–H and O–H groups in total. The highest BCUT2D eigenvalue weighted by Gasteiger charge is 2.18. The maximum absolute atomic E-state index is 11.4. The zero-order valence-corrected chi connectivity index (χ0v) is 11.5. The molecule has 0 saturated carbocycles. The molecule has 6 heteroatoms. The number of thiophene rings is 1. The van der Waals surface area contributed by atoms with Gasteiger partial charge in [0.25, 0.3) is 5.91 Å². The molecule has 0 bridgehead atoms. The Balaban J connectivity index is 2.68. The smallest absolute Gasteiger partial charge is 0.260 e. The van der Waals surface area contributed by atoms with E-state index in [2.05, 4.69) is 0 Å². The number of carbonyl (C=O) groups is 1. The van der Waals surface area contributed by atoms with Crippen molar-refractivity contribution >= 4 is 33.0 Å². The first-order chi connectivity index (χ1) is 9.08. The van der Waals surface area contributed by atoms with Gasteiger partial charge < -0.3 is 21.9 Å². The number of hydrogen-bond acceptors (Lipinski definition) is 5. The average molecular weight is 279 g/mol. The molecule has 0 unspecified atom stereocenters. The summed E-state index contributed by atoms with van der Waals surface area (Å²) in [6.45, 7) is 2.99. The van der Waals surface area contributed by atoms with Gasteiger partial charge in [-0.3, -0.25) is 4.79 Å². The van der Waals surface area contributed by atoms with E-state index in [9.17, 15) is 4.79 Å². The lowest BCUT2D eigenvalue weighted by Gasteiger charge is -2.08. The molecule has 0 spiro atoms. The van der Waals surface area contributed by atoms with Gasteiger partial charge in [0.1, 0.15) is 10.6 Å². The van der Waals surface area contributed by atoms with Gasteiger partial charge in [0, 0.05) is 4.70 Å². The van der Waals surface area contributed by atoms with E-state index in [0.29, 0.717) is 29.5 Å². The van der Waals surface area contributed by atoms with Crippen molar-refractivity contribution in [3.05, 3.63) is 22.6 Å². The normalized spacial score (nSPS) is 10.8. The largest absolute Gasteiger partial charge is 0.493 e. The molecule has 1 heterocycles. The SMILES string of the molecule is CCOc1cc(CCN)cc2sc(C(N)=O)c(N)c12. The molecule has 1 aromatic heterocycles. The van der Waals surface area contributed by atoms with Gasteiger partial charge in [-0.05, 0) is 37.6 Å². The summed E-state index contributed by atoms with van der Waals surface area (Å²) >= 11 is 1.29. The summed E-state index contributed by atoms with van der Waals surface area (Å²) in [5, 5.41) is 0.765. The number of fused-ring (bicyclic) bond motifs is 1. The van der Waals surface area contributed by atoms with E-state index in [1.165, 1.54) is 11.3 Å². The second-order valence-corrected chi connectivity index (χ2v) is 5.20. The van der Waals surface area contributed by atoms with E-state index in [1.54, 1.807) is 0 Å². The minimum atomic E-state index is -0.512. The van der Waals surface area contributed by atoms with Crippen LogP contribution in [0.15, 0.2) is 12.1 Å². The molecule has 5 nitrogen and oxygen atoms in total. The number of anilines is 1. The van der Waals surface area contributed by atoms with Crippen LogP contribution in [-0.2, 0) is 6.42 Å². The van der Waals surface area contributed by atoms with Crippen LogP contribution in [0.5, 0.6) is 5.75 Å². The quantitative estimate of drug-likeness (QED) is 0.771. The Hall–Kier alpha value is -1.79. The lowest BCUT2D eigenvalue weighted by molar-refractivity contribution is 0.100. The number of primary amides is 1. The van der Waals surface area contributed by atoms with E-state index < -0.39 is 5.91 Å². The summed E-state index contributed by atoms with van der Waals surface area (Å²) in [5.41, 5.74) is 18.4. The van der Waals surface area contributed by atoms with Crippen molar-refractivity contribution in [2.24, 2.45) is 11.5 Å². The Morgan fingerprint density at radius 1 is 1.42 bits per heavy atom. The van der Waals surface area contributed by atoms with Crippen molar-refractivity contribution in [2.45, 2.75) is 13.3 Å². The van der Waals surface area contributed by atoms with Crippen LogP contribution in [0.2, 0.25) is 0 Å². The van der Waals surface area contributed by atoms with E-state index in [1.807, 2.05) is 19.1 Å². The molecule has 2 rings (SSSR count). The number of hydrogen-bond donors (Lipinski definition) is 3. The molecular weight excluding hydrogens is 262 g/mol. The van der Waals surface area contributed by atoms with Crippen LogP contribution in [0.1, 0.15) is 22.2 Å². The lowest BCUT2D eigenvalue weighted by atomic mass is 10.1. The van der Waals surface area contributed by atoms with Crippen molar-refractivity contribution in [3.8, 4) is 5.75 Å². The molecular formula is C13H17N3O2S. The summed E-state index contributed by atoms with van der Waals surface area (Å²) in [6, 6.07) is 3.91. The van der Waals surface area contributed by atoms with Gasteiger partial charge in [-0.2, -0.15) is 0 Å². The van der Waals surface area contributed by atoms with Crippen LogP contribution >= 0.6 is 11.3 Å². The lowest BCUT2D eigenvalue weighted by Crippen LogP contribution is -2.10. The van der Waals surface area contributed by atoms with Crippen LogP contribution in [0.4, 0.5) is 5.69 Å². The third-order valence-corrected chi connectivity index (χ3v) is 3.98. The van der Waals surface area contributed by atoms with Crippen LogP contribution in [0.3, 0.4) is 0 Å². The fourth-order valence-electron chi connectivity index (χ4n) is 2.03. The fourth-order valence-corrected chi connectivity index (χ4v) is 3.09. The summed E-state index contributed by atoms with van der Waals surface area (Å²) in [4.78, 5) is 11.7. The molecule has 1 aromatic carbocycles. The Kier molecular flexibility index (Phi) is 3.92. The highest BCUT2D eigenvalue weighted by molar-refractivity contribution is 7.21. The van der Waals surface area contributed by atoms with Gasteiger partial charge in [0.2, 0.25) is 0 Å². The zero-order valence-electron chi connectivity index (χ0n) is 10.7. The highest BCUT2D eigenvalue weighted by atomic mass is 32.1. The minimum absolute atomic E-state index is 0.376. The van der Waals surface area contributed by atoms with Gasteiger partial charge >= 0.3 is 0 Å². The zero-order chi connectivity index (χ0) is 14.0. The van der Waals surface area contributed by atoms with E-state index >= 15 is 0 Å². The first kappa shape index (κ1) is 13.6. The van der Waals surface area contributed by atoms with Gasteiger partial charge in [0.15, 0.2) is 0 Å². The Morgan fingerprint density at radius 2 is 2.16 bits per heavy atom. The number of rotatable bonds is 5. The van der Waals surface area contributed by atoms with Crippen LogP contribution in [0, 0.1) is 0 Å². The Labute approximate surface area is 115 Å². The van der Waals surface area contributed by atoms with Crippen LogP contribution < -0.4 is 21.9 Å². The molecule has 0 atom stereocenters. The minimum Gasteiger partial charge on any atom is -0.493 e. The third-order valence-electron chi connectivity index (χ3n) is 2.81. The van der Waals surface area contributed by atoms with Gasteiger partial charge in [-0.25, -0.2) is 0 Å². The summed E-state index contributed by atoms with van der Waals surface area (Å²) in [5.74, 6) is 0.172. The Bertz CT molecular complexity index is 622. The predicted molar refractivity (Wildman–Crippen MR) is 78.7 cm³/mol. The summed E-state index contributed by atoms with van der Waals surface area (Å²) in [7, 11) is 0. The second kappa shape index (κ2) is 5.46. The molecule has 0 fully saturated rings. The van der Waals surface area contributed by atoms with Crippen molar-refractivity contribution in [3.63, 3.8) is 0 Å². The van der Waals surface area contributed by atoms with E-state index in [0.717, 1.165) is 22.1 Å². The molecule has 0 aliphatic rings. The van der Waals surface area contributed by atoms with Crippen molar-refractivity contribution in [2.75, 3.05) is 18.9 Å².